The molecule has 0 saturated heterocycles. The average molecular weight is 447 g/mol. The monoisotopic (exact) mass is 446 g/mol. The van der Waals surface area contributed by atoms with E-state index in [4.69, 9.17) is 0 Å². The lowest BCUT2D eigenvalue weighted by Crippen LogP contribution is -2.51. The van der Waals surface area contributed by atoms with Crippen LogP contribution in [-0.4, -0.2) is 29.3 Å². The van der Waals surface area contributed by atoms with Crippen LogP contribution in [0.3, 0.4) is 0 Å². The van der Waals surface area contributed by atoms with Crippen LogP contribution in [0.4, 0.5) is 4.39 Å². The minimum Gasteiger partial charge on any atom is -0.354 e. The molecule has 0 aromatic heterocycles. The molecule has 0 heterocycles. The Labute approximate surface area is 195 Å². The van der Waals surface area contributed by atoms with Crippen molar-refractivity contribution in [1.29, 1.82) is 0 Å². The molecule has 0 saturated carbocycles. The predicted octanol–water partition coefficient (Wildman–Crippen LogP) is 4.84. The number of nitrogens with zero attached hydrogens (tertiary/aromatic N) is 1. The summed E-state index contributed by atoms with van der Waals surface area (Å²) in [5.41, 5.74) is 3.71. The van der Waals surface area contributed by atoms with E-state index in [1.807, 2.05) is 68.4 Å². The molecule has 0 aliphatic rings. The van der Waals surface area contributed by atoms with Gasteiger partial charge in [0, 0.05) is 19.5 Å². The van der Waals surface area contributed by atoms with Crippen molar-refractivity contribution in [3.05, 3.63) is 107 Å². The Bertz CT molecular complexity index is 1050. The number of halogens is 1. The summed E-state index contributed by atoms with van der Waals surface area (Å²) in [5.74, 6) is -0.653. The van der Waals surface area contributed by atoms with Gasteiger partial charge in [-0.2, -0.15) is 0 Å². The van der Waals surface area contributed by atoms with Crippen molar-refractivity contribution in [1.82, 2.24) is 10.2 Å². The molecular weight excluding hydrogens is 415 g/mol. The maximum absolute atomic E-state index is 13.6. The van der Waals surface area contributed by atoms with Crippen LogP contribution in [0.25, 0.3) is 0 Å². The second-order valence-corrected chi connectivity index (χ2v) is 8.25. The van der Waals surface area contributed by atoms with Gasteiger partial charge in [0.05, 0.1) is 6.42 Å². The third-order valence-corrected chi connectivity index (χ3v) is 5.69. The highest BCUT2D eigenvalue weighted by Gasteiger charge is 2.30. The summed E-state index contributed by atoms with van der Waals surface area (Å²) >= 11 is 0. The molecular formula is C28H31FN2O2. The zero-order valence-electron chi connectivity index (χ0n) is 19.3. The van der Waals surface area contributed by atoms with Crippen LogP contribution < -0.4 is 5.32 Å². The van der Waals surface area contributed by atoms with E-state index in [1.165, 1.54) is 12.1 Å². The van der Waals surface area contributed by atoms with Gasteiger partial charge in [-0.1, -0.05) is 73.7 Å². The van der Waals surface area contributed by atoms with Gasteiger partial charge < -0.3 is 10.2 Å². The molecule has 33 heavy (non-hydrogen) atoms. The molecule has 0 bridgehead atoms. The van der Waals surface area contributed by atoms with Gasteiger partial charge in [-0.15, -0.1) is 0 Å². The van der Waals surface area contributed by atoms with E-state index in [-0.39, 0.29) is 30.6 Å². The highest BCUT2D eigenvalue weighted by Crippen LogP contribution is 2.18. The minimum absolute atomic E-state index is 0.138. The van der Waals surface area contributed by atoms with Crippen LogP contribution in [0.15, 0.2) is 78.9 Å². The van der Waals surface area contributed by atoms with E-state index < -0.39 is 6.04 Å². The fourth-order valence-electron chi connectivity index (χ4n) is 3.78. The van der Waals surface area contributed by atoms with Crippen molar-refractivity contribution in [2.45, 2.75) is 45.7 Å². The first-order valence-corrected chi connectivity index (χ1v) is 11.4. The van der Waals surface area contributed by atoms with Crippen LogP contribution in [0.5, 0.6) is 0 Å². The number of rotatable bonds is 10. The molecule has 0 fully saturated rings. The van der Waals surface area contributed by atoms with Crippen LogP contribution in [0.1, 0.15) is 35.6 Å². The lowest BCUT2D eigenvalue weighted by Gasteiger charge is -2.32. The summed E-state index contributed by atoms with van der Waals surface area (Å²) < 4.78 is 13.5. The van der Waals surface area contributed by atoms with Gasteiger partial charge in [0.2, 0.25) is 11.8 Å². The molecule has 0 aliphatic carbocycles. The second-order valence-electron chi connectivity index (χ2n) is 8.25. The number of hydrogen-bond acceptors (Lipinski definition) is 2. The first kappa shape index (κ1) is 24.2. The van der Waals surface area contributed by atoms with Gasteiger partial charge in [-0.3, -0.25) is 9.59 Å². The molecule has 1 atom stereocenters. The van der Waals surface area contributed by atoms with Crippen molar-refractivity contribution in [2.75, 3.05) is 6.54 Å². The van der Waals surface area contributed by atoms with Crippen molar-refractivity contribution in [3.63, 3.8) is 0 Å². The Balaban J connectivity index is 1.95. The molecule has 0 spiro atoms. The number of hydrogen-bond donors (Lipinski definition) is 1. The van der Waals surface area contributed by atoms with E-state index in [1.54, 1.807) is 17.0 Å². The molecule has 5 heteroatoms. The number of carbonyl (C=O) groups excluding carboxylic acids is 2. The third kappa shape index (κ3) is 7.01. The Morgan fingerprint density at radius 3 is 2.24 bits per heavy atom. The Morgan fingerprint density at radius 2 is 1.58 bits per heavy atom. The molecule has 0 unspecified atom stereocenters. The van der Waals surface area contributed by atoms with Crippen LogP contribution in [0, 0.1) is 12.7 Å². The SMILES string of the molecule is CCCNC(=O)[C@@H](Cc1ccccc1)N(Cc1ccc(F)cc1)C(=O)Cc1ccccc1C. The van der Waals surface area contributed by atoms with Crippen molar-refractivity contribution in [2.24, 2.45) is 0 Å². The van der Waals surface area contributed by atoms with Gasteiger partial charge in [0.25, 0.3) is 0 Å². The third-order valence-electron chi connectivity index (χ3n) is 5.69. The summed E-state index contributed by atoms with van der Waals surface area (Å²) in [6.45, 7) is 4.73. The highest BCUT2D eigenvalue weighted by atomic mass is 19.1. The summed E-state index contributed by atoms with van der Waals surface area (Å²) in [5, 5.41) is 2.97. The second kappa shape index (κ2) is 12.0. The first-order valence-electron chi connectivity index (χ1n) is 11.4. The van der Waals surface area contributed by atoms with Crippen molar-refractivity contribution >= 4 is 11.8 Å². The van der Waals surface area contributed by atoms with Gasteiger partial charge in [-0.25, -0.2) is 4.39 Å². The molecule has 172 valence electrons. The van der Waals surface area contributed by atoms with Gasteiger partial charge >= 0.3 is 0 Å². The molecule has 3 aromatic rings. The number of carbonyl (C=O) groups is 2. The average Bonchev–Trinajstić information content (AvgIpc) is 2.83. The zero-order valence-corrected chi connectivity index (χ0v) is 19.3. The van der Waals surface area contributed by atoms with E-state index in [9.17, 15) is 14.0 Å². The number of nitrogens with one attached hydrogen (secondary N) is 1. The Morgan fingerprint density at radius 1 is 0.909 bits per heavy atom. The standard InChI is InChI=1S/C28H31FN2O2/c1-3-17-30-28(33)26(18-22-10-5-4-6-11-22)31(20-23-13-15-25(29)16-14-23)27(32)19-24-12-8-7-9-21(24)2/h4-16,26H,3,17-20H2,1-2H3,(H,30,33)/t26-/m1/s1. The van der Waals surface area contributed by atoms with E-state index in [0.29, 0.717) is 13.0 Å². The van der Waals surface area contributed by atoms with Crippen molar-refractivity contribution < 1.29 is 14.0 Å². The molecule has 0 aliphatic heterocycles. The van der Waals surface area contributed by atoms with E-state index in [2.05, 4.69) is 5.32 Å². The number of amides is 2. The summed E-state index contributed by atoms with van der Waals surface area (Å²) in [4.78, 5) is 28.5. The molecule has 2 amide bonds. The lowest BCUT2D eigenvalue weighted by molar-refractivity contribution is -0.140. The van der Waals surface area contributed by atoms with Gasteiger partial charge in [-0.05, 0) is 47.7 Å². The van der Waals surface area contributed by atoms with E-state index >= 15 is 0 Å². The normalized spacial score (nSPS) is 11.6. The fourth-order valence-corrected chi connectivity index (χ4v) is 3.78. The smallest absolute Gasteiger partial charge is 0.243 e. The number of benzene rings is 3. The lowest BCUT2D eigenvalue weighted by atomic mass is 10.00. The zero-order chi connectivity index (χ0) is 23.6. The summed E-state index contributed by atoms with van der Waals surface area (Å²) in [6, 6.07) is 22.9. The molecule has 4 nitrogen and oxygen atoms in total. The maximum Gasteiger partial charge on any atom is 0.243 e. The summed E-state index contributed by atoms with van der Waals surface area (Å²) in [6.07, 6.45) is 1.40. The minimum atomic E-state index is -0.680. The molecule has 3 aromatic carbocycles. The van der Waals surface area contributed by atoms with Gasteiger partial charge in [0.15, 0.2) is 0 Å². The summed E-state index contributed by atoms with van der Waals surface area (Å²) in [7, 11) is 0. The van der Waals surface area contributed by atoms with Crippen LogP contribution in [0.2, 0.25) is 0 Å². The molecule has 3 rings (SSSR count). The van der Waals surface area contributed by atoms with Crippen LogP contribution in [-0.2, 0) is 29.0 Å². The maximum atomic E-state index is 13.6. The fraction of sp³-hybridized carbons (Fsp3) is 0.286. The van der Waals surface area contributed by atoms with Gasteiger partial charge in [0.1, 0.15) is 11.9 Å². The highest BCUT2D eigenvalue weighted by molar-refractivity contribution is 5.89. The van der Waals surface area contributed by atoms with Crippen molar-refractivity contribution in [3.8, 4) is 0 Å². The first-order chi connectivity index (χ1) is 16.0. The Hall–Kier alpha value is -3.47. The number of aryl methyl sites for hydroxylation is 1. The van der Waals surface area contributed by atoms with Crippen LogP contribution >= 0.6 is 0 Å². The van der Waals surface area contributed by atoms with E-state index in [0.717, 1.165) is 28.7 Å². The quantitative estimate of drug-likeness (QED) is 0.484. The largest absolute Gasteiger partial charge is 0.354 e. The predicted molar refractivity (Wildman–Crippen MR) is 129 cm³/mol. The topological polar surface area (TPSA) is 49.4 Å². The molecule has 0 radical (unpaired) electrons. The molecule has 1 N–H and O–H groups in total. The Kier molecular flexibility index (Phi) is 8.76.